The summed E-state index contributed by atoms with van der Waals surface area (Å²) in [5.74, 6) is -1.76. The number of aromatic nitrogens is 2. The Bertz CT molecular complexity index is 1540. The lowest BCUT2D eigenvalue weighted by atomic mass is 10.1. The molecule has 1 aliphatic rings. The molecule has 0 amide bonds. The smallest absolute Gasteiger partial charge is 0.354 e. The maximum atomic E-state index is 11.9. The van der Waals surface area contributed by atoms with Crippen LogP contribution in [-0.2, 0) is 38.5 Å². The first kappa shape index (κ1) is 38.6. The van der Waals surface area contributed by atoms with E-state index in [2.05, 4.69) is 42.1 Å². The van der Waals surface area contributed by atoms with Crippen molar-refractivity contribution in [1.82, 2.24) is 19.8 Å². The van der Waals surface area contributed by atoms with Crippen molar-refractivity contribution in [2.75, 3.05) is 85.6 Å². The molecule has 1 aliphatic heterocycles. The number of hydrogen-bond donors (Lipinski definition) is 2. The molecule has 0 bridgehead atoms. The second-order valence-corrected chi connectivity index (χ2v) is 11.5. The first-order valence-corrected chi connectivity index (χ1v) is 16.8. The fourth-order valence-electron chi connectivity index (χ4n) is 5.01. The number of carboxylic acid groups (broad SMARTS) is 2. The summed E-state index contributed by atoms with van der Waals surface area (Å²) >= 11 is 4.65. The minimum absolute atomic E-state index is 0.0112. The van der Waals surface area contributed by atoms with Crippen molar-refractivity contribution in [2.24, 2.45) is 4.99 Å². The van der Waals surface area contributed by atoms with Crippen LogP contribution in [0.15, 0.2) is 59.6 Å². The molecular formula is C35H43N5O9S. The normalized spacial score (nSPS) is 16.4. The summed E-state index contributed by atoms with van der Waals surface area (Å²) in [6.07, 6.45) is 0.620. The van der Waals surface area contributed by atoms with Crippen LogP contribution in [0.1, 0.15) is 37.9 Å². The summed E-state index contributed by atoms with van der Waals surface area (Å²) in [6, 6.07) is 15.7. The number of thiocarbonyl (C=S) groups is 1. The van der Waals surface area contributed by atoms with Crippen molar-refractivity contribution in [1.29, 1.82) is 0 Å². The fourth-order valence-corrected chi connectivity index (χ4v) is 5.12. The average Bonchev–Trinajstić information content (AvgIpc) is 3.10. The third kappa shape index (κ3) is 14.4. The molecule has 0 atom stereocenters. The van der Waals surface area contributed by atoms with Gasteiger partial charge in [-0.15, -0.1) is 0 Å². The molecule has 0 unspecified atom stereocenters. The molecule has 3 heterocycles. The Labute approximate surface area is 296 Å². The van der Waals surface area contributed by atoms with Gasteiger partial charge >= 0.3 is 11.9 Å². The molecule has 14 nitrogen and oxygen atoms in total. The van der Waals surface area contributed by atoms with Gasteiger partial charge in [0.2, 0.25) is 0 Å². The predicted octanol–water partition coefficient (Wildman–Crippen LogP) is 3.61. The van der Waals surface area contributed by atoms with Gasteiger partial charge in [-0.1, -0.05) is 18.2 Å². The van der Waals surface area contributed by atoms with Crippen LogP contribution in [-0.4, -0.2) is 133 Å². The number of isothiocyanates is 1. The average molecular weight is 710 g/mol. The second kappa shape index (κ2) is 21.8. The van der Waals surface area contributed by atoms with Gasteiger partial charge in [-0.05, 0) is 42.0 Å². The highest BCUT2D eigenvalue weighted by Gasteiger charge is 2.15. The molecule has 50 heavy (non-hydrogen) atoms. The van der Waals surface area contributed by atoms with Gasteiger partial charge < -0.3 is 33.9 Å². The van der Waals surface area contributed by atoms with E-state index in [4.69, 9.17) is 23.7 Å². The molecule has 3 aromatic rings. The molecular weight excluding hydrogens is 666 g/mol. The molecule has 1 saturated heterocycles. The van der Waals surface area contributed by atoms with E-state index < -0.39 is 11.9 Å². The Balaban J connectivity index is 1.28. The number of nitrogens with zero attached hydrogens (tertiary/aromatic N) is 5. The largest absolute Gasteiger partial charge is 0.493 e. The summed E-state index contributed by atoms with van der Waals surface area (Å²) in [7, 11) is 0. The summed E-state index contributed by atoms with van der Waals surface area (Å²) in [6.45, 7) is 6.96. The number of ether oxygens (including phenoxy) is 5. The maximum absolute atomic E-state index is 11.9. The van der Waals surface area contributed by atoms with Gasteiger partial charge in [-0.2, -0.15) is 4.99 Å². The summed E-state index contributed by atoms with van der Waals surface area (Å²) in [5.41, 5.74) is 2.91. The van der Waals surface area contributed by atoms with Crippen LogP contribution in [0, 0.1) is 0 Å². The zero-order valence-corrected chi connectivity index (χ0v) is 28.7. The van der Waals surface area contributed by atoms with Crippen LogP contribution >= 0.6 is 12.2 Å². The molecule has 0 radical (unpaired) electrons. The van der Waals surface area contributed by atoms with Crippen LogP contribution < -0.4 is 4.74 Å². The van der Waals surface area contributed by atoms with Crippen molar-refractivity contribution < 1.29 is 43.5 Å². The van der Waals surface area contributed by atoms with Crippen molar-refractivity contribution in [2.45, 2.75) is 19.5 Å². The Hall–Kier alpha value is -4.18. The molecule has 268 valence electrons. The number of carbonyl (C=O) groups is 2. The van der Waals surface area contributed by atoms with Crippen molar-refractivity contribution in [3.05, 3.63) is 82.9 Å². The summed E-state index contributed by atoms with van der Waals surface area (Å²) < 4.78 is 29.3. The monoisotopic (exact) mass is 709 g/mol. The molecule has 2 aromatic heterocycles. The molecule has 1 fully saturated rings. The maximum Gasteiger partial charge on any atom is 0.354 e. The van der Waals surface area contributed by atoms with Crippen molar-refractivity contribution in [3.63, 3.8) is 0 Å². The topological polar surface area (TPSA) is 165 Å². The number of rotatable bonds is 11. The highest BCUT2D eigenvalue weighted by molar-refractivity contribution is 7.78. The summed E-state index contributed by atoms with van der Waals surface area (Å²) in [5, 5.41) is 21.3. The van der Waals surface area contributed by atoms with E-state index >= 15 is 0 Å². The van der Waals surface area contributed by atoms with E-state index in [1.54, 1.807) is 18.2 Å². The fraction of sp³-hybridized carbons (Fsp3) is 0.457. The van der Waals surface area contributed by atoms with Crippen LogP contribution in [0.25, 0.3) is 0 Å². The number of aromatic carboxylic acids is 2. The van der Waals surface area contributed by atoms with Gasteiger partial charge in [0.05, 0.1) is 81.7 Å². The van der Waals surface area contributed by atoms with E-state index in [9.17, 15) is 19.8 Å². The number of benzene rings is 1. The molecule has 0 spiro atoms. The van der Waals surface area contributed by atoms with Crippen molar-refractivity contribution >= 4 is 35.0 Å². The van der Waals surface area contributed by atoms with Crippen molar-refractivity contribution in [3.8, 4) is 5.75 Å². The van der Waals surface area contributed by atoms with Gasteiger partial charge in [0, 0.05) is 57.8 Å². The second-order valence-electron chi connectivity index (χ2n) is 11.3. The number of carboxylic acids is 2. The lowest BCUT2D eigenvalue weighted by molar-refractivity contribution is 0.00596. The Kier molecular flexibility index (Phi) is 16.8. The van der Waals surface area contributed by atoms with Crippen LogP contribution in [0.4, 0.5) is 5.69 Å². The Morgan fingerprint density at radius 1 is 0.740 bits per heavy atom. The van der Waals surface area contributed by atoms with E-state index in [1.807, 2.05) is 24.3 Å². The first-order chi connectivity index (χ1) is 24.4. The zero-order valence-electron chi connectivity index (χ0n) is 27.9. The van der Waals surface area contributed by atoms with Gasteiger partial charge in [-0.25, -0.2) is 19.6 Å². The standard InChI is InChI=1S/C35H43N5O9S/c41-34(42)32-3-1-2-29(37-32)24-39-9-14-45-18-20-47-16-11-40(12-17-48-21-19-46-15-10-39)25-30-22-31(23-33(38-30)35(43)44)49-13-8-27-4-6-28(7-5-27)36-26-50/h1-7,22-23H,8-21,24-25H2,(H,41,42)(H,43,44). The molecule has 15 heteroatoms. The quantitative estimate of drug-likeness (QED) is 0.219. The highest BCUT2D eigenvalue weighted by atomic mass is 32.1. The van der Waals surface area contributed by atoms with E-state index in [1.165, 1.54) is 12.1 Å². The minimum Gasteiger partial charge on any atom is -0.493 e. The van der Waals surface area contributed by atoms with Crippen LogP contribution in [0.5, 0.6) is 5.75 Å². The molecule has 0 aliphatic carbocycles. The third-order valence-electron chi connectivity index (χ3n) is 7.59. The highest BCUT2D eigenvalue weighted by Crippen LogP contribution is 2.18. The lowest BCUT2D eigenvalue weighted by Gasteiger charge is -2.23. The van der Waals surface area contributed by atoms with E-state index in [0.29, 0.717) is 122 Å². The lowest BCUT2D eigenvalue weighted by Crippen LogP contribution is -2.33. The van der Waals surface area contributed by atoms with Gasteiger partial charge in [0.1, 0.15) is 11.4 Å². The Morgan fingerprint density at radius 3 is 1.82 bits per heavy atom. The number of pyridine rings is 2. The minimum atomic E-state index is -1.13. The molecule has 2 N–H and O–H groups in total. The number of hydrogen-bond acceptors (Lipinski definition) is 13. The van der Waals surface area contributed by atoms with Crippen LogP contribution in [0.3, 0.4) is 0 Å². The van der Waals surface area contributed by atoms with E-state index in [-0.39, 0.29) is 11.4 Å². The molecule has 0 saturated carbocycles. The Morgan fingerprint density at radius 2 is 1.28 bits per heavy atom. The molecule has 4 rings (SSSR count). The summed E-state index contributed by atoms with van der Waals surface area (Å²) in [4.78, 5) is 40.0. The first-order valence-electron chi connectivity index (χ1n) is 16.4. The van der Waals surface area contributed by atoms with Crippen LogP contribution in [0.2, 0.25) is 0 Å². The zero-order chi connectivity index (χ0) is 35.4. The van der Waals surface area contributed by atoms with E-state index in [0.717, 1.165) is 11.3 Å². The van der Waals surface area contributed by atoms with Gasteiger partial charge in [0.25, 0.3) is 0 Å². The SMILES string of the molecule is O=C(O)c1cccc(CN2CCOCCOCCN(Cc3cc(OCCc4ccc(N=C=S)cc4)cc(C(=O)O)n3)CCOCCOCC2)n1. The van der Waals surface area contributed by atoms with Gasteiger partial charge in [0.15, 0.2) is 5.69 Å². The third-order valence-corrected chi connectivity index (χ3v) is 7.68. The van der Waals surface area contributed by atoms with Gasteiger partial charge in [-0.3, -0.25) is 9.80 Å². The molecule has 1 aromatic carbocycles. The number of aliphatic imine (C=N–C) groups is 1. The predicted molar refractivity (Wildman–Crippen MR) is 187 cm³/mol.